The van der Waals surface area contributed by atoms with E-state index in [1.807, 2.05) is 11.8 Å². The Kier molecular flexibility index (Phi) is 7.07. The Balaban J connectivity index is 1.80. The molecule has 0 saturated carbocycles. The summed E-state index contributed by atoms with van der Waals surface area (Å²) < 4.78 is 0. The molecule has 0 spiro atoms. The third kappa shape index (κ3) is 5.25. The largest absolute Gasteiger partial charge is 0.372 e. The zero-order chi connectivity index (χ0) is 20.8. The zero-order valence-corrected chi connectivity index (χ0v) is 18.2. The first-order valence-electron chi connectivity index (χ1n) is 10.8. The molecule has 6 nitrogen and oxygen atoms in total. The second kappa shape index (κ2) is 9.72. The minimum absolute atomic E-state index is 0.00838. The number of rotatable bonds is 6. The number of benzene rings is 1. The molecule has 1 fully saturated rings. The number of likely N-dealkylation sites (tertiary alicyclic amines) is 1. The summed E-state index contributed by atoms with van der Waals surface area (Å²) in [5, 5.41) is 3.39. The second-order valence-electron chi connectivity index (χ2n) is 7.69. The van der Waals surface area contributed by atoms with Gasteiger partial charge < -0.3 is 15.1 Å². The van der Waals surface area contributed by atoms with Crippen LogP contribution in [0.1, 0.15) is 61.4 Å². The Morgan fingerprint density at radius 2 is 1.72 bits per heavy atom. The molecule has 0 unspecified atom stereocenters. The number of aryl methyl sites for hydroxylation is 2. The Hall–Kier alpha value is -2.63. The molecule has 1 amide bonds. The molecule has 0 radical (unpaired) electrons. The second-order valence-corrected chi connectivity index (χ2v) is 7.69. The van der Waals surface area contributed by atoms with Crippen molar-refractivity contribution in [2.75, 3.05) is 36.4 Å². The molecule has 1 N–H and O–H groups in total. The van der Waals surface area contributed by atoms with Crippen molar-refractivity contribution in [2.45, 2.75) is 53.4 Å². The lowest BCUT2D eigenvalue weighted by Crippen LogP contribution is -2.32. The standard InChI is InChI=1S/C23H33N5O/c1-5-27(6-2)19-11-12-20(17(3)15-19)26-22-16-21(24-18(4)25-22)23(29)28-13-9-7-8-10-14-28/h11-12,15-16H,5-10,13-14H2,1-4H3,(H,24,25,26). The normalized spacial score (nSPS) is 14.4. The number of nitrogens with one attached hydrogen (secondary N) is 1. The van der Waals surface area contributed by atoms with Crippen LogP contribution in [0.25, 0.3) is 0 Å². The van der Waals surface area contributed by atoms with Crippen molar-refractivity contribution >= 4 is 23.1 Å². The predicted molar refractivity (Wildman–Crippen MR) is 119 cm³/mol. The minimum Gasteiger partial charge on any atom is -0.372 e. The van der Waals surface area contributed by atoms with Crippen molar-refractivity contribution in [3.63, 3.8) is 0 Å². The zero-order valence-electron chi connectivity index (χ0n) is 18.2. The van der Waals surface area contributed by atoms with Gasteiger partial charge in [-0.15, -0.1) is 0 Å². The van der Waals surface area contributed by atoms with Crippen LogP contribution in [0.3, 0.4) is 0 Å². The van der Waals surface area contributed by atoms with Crippen molar-refractivity contribution in [1.29, 1.82) is 0 Å². The van der Waals surface area contributed by atoms with E-state index in [1.54, 1.807) is 6.07 Å². The molecule has 1 aromatic heterocycles. The highest BCUT2D eigenvalue weighted by Crippen LogP contribution is 2.25. The van der Waals surface area contributed by atoms with Crippen molar-refractivity contribution in [1.82, 2.24) is 14.9 Å². The predicted octanol–water partition coefficient (Wildman–Crippen LogP) is 4.70. The number of nitrogens with zero attached hydrogens (tertiary/aromatic N) is 4. The maximum Gasteiger partial charge on any atom is 0.272 e. The van der Waals surface area contributed by atoms with Gasteiger partial charge in [-0.1, -0.05) is 12.8 Å². The molecule has 0 bridgehead atoms. The maximum absolute atomic E-state index is 13.0. The van der Waals surface area contributed by atoms with Gasteiger partial charge >= 0.3 is 0 Å². The van der Waals surface area contributed by atoms with Crippen LogP contribution in [0, 0.1) is 13.8 Å². The van der Waals surface area contributed by atoms with Gasteiger partial charge in [0.25, 0.3) is 5.91 Å². The fourth-order valence-electron chi connectivity index (χ4n) is 3.89. The summed E-state index contributed by atoms with van der Waals surface area (Å²) in [6, 6.07) is 8.17. The number of hydrogen-bond acceptors (Lipinski definition) is 5. The van der Waals surface area contributed by atoms with Crippen LogP contribution in [-0.4, -0.2) is 47.0 Å². The van der Waals surface area contributed by atoms with Crippen molar-refractivity contribution in [3.8, 4) is 0 Å². The Bertz CT molecular complexity index is 839. The average Bonchev–Trinajstić information content (AvgIpc) is 2.99. The minimum atomic E-state index is 0.00838. The Morgan fingerprint density at radius 1 is 1.03 bits per heavy atom. The molecular formula is C23H33N5O. The lowest BCUT2D eigenvalue weighted by atomic mass is 10.1. The number of aromatic nitrogens is 2. The molecule has 3 rings (SSSR count). The highest BCUT2D eigenvalue weighted by atomic mass is 16.2. The van der Waals surface area contributed by atoms with E-state index < -0.39 is 0 Å². The molecule has 0 atom stereocenters. The number of anilines is 3. The summed E-state index contributed by atoms with van der Waals surface area (Å²) in [7, 11) is 0. The van der Waals surface area contributed by atoms with Gasteiger partial charge in [0, 0.05) is 43.6 Å². The van der Waals surface area contributed by atoms with E-state index in [-0.39, 0.29) is 5.91 Å². The highest BCUT2D eigenvalue weighted by molar-refractivity contribution is 5.93. The van der Waals surface area contributed by atoms with Crippen molar-refractivity contribution in [3.05, 3.63) is 41.3 Å². The number of carbonyl (C=O) groups excluding carboxylic acids is 1. The Morgan fingerprint density at radius 3 is 2.34 bits per heavy atom. The van der Waals surface area contributed by atoms with Gasteiger partial charge in [-0.25, -0.2) is 9.97 Å². The molecule has 1 aromatic carbocycles. The quantitative estimate of drug-likeness (QED) is 0.768. The van der Waals surface area contributed by atoms with Crippen LogP contribution < -0.4 is 10.2 Å². The number of hydrogen-bond donors (Lipinski definition) is 1. The van der Waals surface area contributed by atoms with E-state index in [1.165, 1.54) is 18.5 Å². The van der Waals surface area contributed by atoms with Crippen LogP contribution in [0.15, 0.2) is 24.3 Å². The van der Waals surface area contributed by atoms with Crippen molar-refractivity contribution < 1.29 is 4.79 Å². The topological polar surface area (TPSA) is 61.4 Å². The lowest BCUT2D eigenvalue weighted by molar-refractivity contribution is 0.0755. The highest BCUT2D eigenvalue weighted by Gasteiger charge is 2.20. The molecule has 1 aliphatic heterocycles. The molecule has 29 heavy (non-hydrogen) atoms. The third-order valence-electron chi connectivity index (χ3n) is 5.55. The van der Waals surface area contributed by atoms with Crippen LogP contribution in [-0.2, 0) is 0 Å². The third-order valence-corrected chi connectivity index (χ3v) is 5.55. The summed E-state index contributed by atoms with van der Waals surface area (Å²) in [6.07, 6.45) is 4.53. The van der Waals surface area contributed by atoms with Crippen LogP contribution >= 0.6 is 0 Å². The van der Waals surface area contributed by atoms with Crippen LogP contribution in [0.5, 0.6) is 0 Å². The fourth-order valence-corrected chi connectivity index (χ4v) is 3.89. The van der Waals surface area contributed by atoms with E-state index in [0.29, 0.717) is 17.3 Å². The van der Waals surface area contributed by atoms with Gasteiger partial charge in [-0.05, 0) is 64.3 Å². The molecule has 1 saturated heterocycles. The number of amides is 1. The summed E-state index contributed by atoms with van der Waals surface area (Å²) in [6.45, 7) is 11.8. The van der Waals surface area contributed by atoms with Gasteiger partial charge in [0.1, 0.15) is 17.3 Å². The summed E-state index contributed by atoms with van der Waals surface area (Å²) >= 11 is 0. The number of carbonyl (C=O) groups is 1. The summed E-state index contributed by atoms with van der Waals surface area (Å²) in [4.78, 5) is 26.1. The molecule has 156 valence electrons. The smallest absolute Gasteiger partial charge is 0.272 e. The van der Waals surface area contributed by atoms with Gasteiger partial charge in [-0.3, -0.25) is 4.79 Å². The SMILES string of the molecule is CCN(CC)c1ccc(Nc2cc(C(=O)N3CCCCCC3)nc(C)n2)c(C)c1. The average molecular weight is 396 g/mol. The van der Waals surface area contributed by atoms with Gasteiger partial charge in [0.2, 0.25) is 0 Å². The monoisotopic (exact) mass is 395 g/mol. The van der Waals surface area contributed by atoms with Crippen LogP contribution in [0.4, 0.5) is 17.2 Å². The molecule has 6 heteroatoms. The lowest BCUT2D eigenvalue weighted by Gasteiger charge is -2.22. The summed E-state index contributed by atoms with van der Waals surface area (Å²) in [5.41, 5.74) is 3.83. The van der Waals surface area contributed by atoms with Gasteiger partial charge in [0.15, 0.2) is 0 Å². The van der Waals surface area contributed by atoms with Crippen molar-refractivity contribution in [2.24, 2.45) is 0 Å². The van der Waals surface area contributed by atoms with Crippen LogP contribution in [0.2, 0.25) is 0 Å². The molecule has 0 aliphatic carbocycles. The van der Waals surface area contributed by atoms with E-state index in [0.717, 1.165) is 50.3 Å². The van der Waals surface area contributed by atoms with Gasteiger partial charge in [-0.2, -0.15) is 0 Å². The first kappa shape index (κ1) is 21.1. The van der Waals surface area contributed by atoms with E-state index >= 15 is 0 Å². The summed E-state index contributed by atoms with van der Waals surface area (Å²) in [5.74, 6) is 1.27. The molecular weight excluding hydrogens is 362 g/mol. The first-order valence-corrected chi connectivity index (χ1v) is 10.8. The Labute approximate surface area is 174 Å². The molecule has 2 aromatic rings. The van der Waals surface area contributed by atoms with E-state index in [2.05, 4.69) is 59.2 Å². The molecule has 1 aliphatic rings. The van der Waals surface area contributed by atoms with Gasteiger partial charge in [0.05, 0.1) is 0 Å². The maximum atomic E-state index is 13.0. The molecule has 2 heterocycles. The first-order chi connectivity index (χ1) is 14.0. The van der Waals surface area contributed by atoms with E-state index in [4.69, 9.17) is 0 Å². The van der Waals surface area contributed by atoms with E-state index in [9.17, 15) is 4.79 Å². The fraction of sp³-hybridized carbons (Fsp3) is 0.522.